The van der Waals surface area contributed by atoms with E-state index in [-0.39, 0.29) is 12.1 Å². The van der Waals surface area contributed by atoms with Crippen molar-refractivity contribution in [1.29, 1.82) is 0 Å². The van der Waals surface area contributed by atoms with Crippen LogP contribution in [0.4, 0.5) is 4.79 Å². The number of aromatic nitrogens is 2. The topological polar surface area (TPSA) is 69.8 Å². The molecule has 0 radical (unpaired) electrons. The zero-order valence-corrected chi connectivity index (χ0v) is 11.9. The highest BCUT2D eigenvalue weighted by Gasteiger charge is 2.22. The number of amides is 2. The highest BCUT2D eigenvalue weighted by atomic mass is 16.2. The number of benzene rings is 1. The molecule has 3 N–H and O–H groups in total. The van der Waals surface area contributed by atoms with Gasteiger partial charge in [-0.3, -0.25) is 0 Å². The van der Waals surface area contributed by atoms with Crippen LogP contribution in [0.25, 0.3) is 11.0 Å². The van der Waals surface area contributed by atoms with Crippen molar-refractivity contribution >= 4 is 17.1 Å². The van der Waals surface area contributed by atoms with Crippen molar-refractivity contribution in [1.82, 2.24) is 20.6 Å². The van der Waals surface area contributed by atoms with Crippen LogP contribution in [0, 0.1) is 12.8 Å². The molecular formula is C15H20N4O. The number of carbonyl (C=O) groups excluding carboxylic acids is 1. The van der Waals surface area contributed by atoms with Gasteiger partial charge in [0.2, 0.25) is 0 Å². The first kappa shape index (κ1) is 13.0. The Kier molecular flexibility index (Phi) is 3.34. The number of carbonyl (C=O) groups is 1. The van der Waals surface area contributed by atoms with Gasteiger partial charge in [0.25, 0.3) is 0 Å². The van der Waals surface area contributed by atoms with Crippen molar-refractivity contribution in [2.24, 2.45) is 5.92 Å². The molecule has 0 bridgehead atoms. The maximum atomic E-state index is 11.8. The minimum Gasteiger partial charge on any atom is -0.340 e. The van der Waals surface area contributed by atoms with E-state index in [4.69, 9.17) is 0 Å². The van der Waals surface area contributed by atoms with Crippen molar-refractivity contribution in [3.63, 3.8) is 0 Å². The quantitative estimate of drug-likeness (QED) is 0.800. The van der Waals surface area contributed by atoms with Crippen LogP contribution >= 0.6 is 0 Å². The summed E-state index contributed by atoms with van der Waals surface area (Å²) in [6, 6.07) is 5.83. The van der Waals surface area contributed by atoms with Crippen LogP contribution in [0.15, 0.2) is 18.2 Å². The molecule has 0 spiro atoms. The fourth-order valence-corrected chi connectivity index (χ4v) is 2.22. The Hall–Kier alpha value is -2.04. The van der Waals surface area contributed by atoms with E-state index < -0.39 is 0 Å². The first-order chi connectivity index (χ1) is 9.61. The van der Waals surface area contributed by atoms with E-state index in [1.807, 2.05) is 26.0 Å². The molecule has 1 heterocycles. The number of urea groups is 1. The maximum absolute atomic E-state index is 11.8. The number of nitrogens with zero attached hydrogens (tertiary/aromatic N) is 1. The number of aryl methyl sites for hydroxylation is 1. The summed E-state index contributed by atoms with van der Waals surface area (Å²) in [5.74, 6) is 1.47. The Bertz CT molecular complexity index is 630. The van der Waals surface area contributed by atoms with Crippen LogP contribution in [-0.4, -0.2) is 22.5 Å². The van der Waals surface area contributed by atoms with Gasteiger partial charge in [-0.2, -0.15) is 0 Å². The van der Waals surface area contributed by atoms with Crippen LogP contribution in [-0.2, 0) is 0 Å². The minimum absolute atomic E-state index is 0.124. The lowest BCUT2D eigenvalue weighted by molar-refractivity contribution is 0.237. The van der Waals surface area contributed by atoms with Crippen LogP contribution < -0.4 is 10.6 Å². The lowest BCUT2D eigenvalue weighted by atomic mass is 10.2. The monoisotopic (exact) mass is 272 g/mol. The van der Waals surface area contributed by atoms with E-state index in [9.17, 15) is 4.79 Å². The summed E-state index contributed by atoms with van der Waals surface area (Å²) < 4.78 is 0. The molecule has 106 valence electrons. The first-order valence-electron chi connectivity index (χ1n) is 7.12. The summed E-state index contributed by atoms with van der Waals surface area (Å²) in [6.45, 7) is 4.76. The molecule has 3 rings (SSSR count). The van der Waals surface area contributed by atoms with Gasteiger partial charge in [-0.15, -0.1) is 0 Å². The average Bonchev–Trinajstić information content (AvgIpc) is 3.14. The predicted molar refractivity (Wildman–Crippen MR) is 78.5 cm³/mol. The Balaban J connectivity index is 1.64. The second kappa shape index (κ2) is 5.15. The Labute approximate surface area is 118 Å². The van der Waals surface area contributed by atoms with E-state index in [1.54, 1.807) is 0 Å². The molecule has 2 aromatic rings. The van der Waals surface area contributed by atoms with Gasteiger partial charge >= 0.3 is 6.03 Å². The molecule has 5 heteroatoms. The smallest absolute Gasteiger partial charge is 0.315 e. The number of hydrogen-bond donors (Lipinski definition) is 3. The number of hydrogen-bond acceptors (Lipinski definition) is 2. The second-order valence-corrected chi connectivity index (χ2v) is 5.66. The summed E-state index contributed by atoms with van der Waals surface area (Å²) >= 11 is 0. The summed E-state index contributed by atoms with van der Waals surface area (Å²) in [6.07, 6.45) is 2.47. The Morgan fingerprint density at radius 2 is 2.30 bits per heavy atom. The van der Waals surface area contributed by atoms with Crippen molar-refractivity contribution in [3.8, 4) is 0 Å². The zero-order valence-electron chi connectivity index (χ0n) is 11.9. The standard InChI is InChI=1S/C15H20N4O/c1-9-3-6-12-13(7-9)19-14(18-12)10(2)17-15(20)16-8-11-4-5-11/h3,6-7,10-11H,4-5,8H2,1-2H3,(H,18,19)(H2,16,17,20)/t10-/m1/s1. The van der Waals surface area contributed by atoms with Crippen molar-refractivity contribution in [2.75, 3.05) is 6.54 Å². The summed E-state index contributed by atoms with van der Waals surface area (Å²) in [5, 5.41) is 5.81. The van der Waals surface area contributed by atoms with E-state index >= 15 is 0 Å². The third-order valence-electron chi connectivity index (χ3n) is 3.66. The number of fused-ring (bicyclic) bond motifs is 1. The molecule has 0 unspecified atom stereocenters. The third kappa shape index (κ3) is 2.92. The average molecular weight is 272 g/mol. The van der Waals surface area contributed by atoms with Crippen LogP contribution in [0.3, 0.4) is 0 Å². The van der Waals surface area contributed by atoms with Gasteiger partial charge in [-0.1, -0.05) is 6.07 Å². The SMILES string of the molecule is Cc1ccc2nc([C@@H](C)NC(=O)NCC3CC3)[nH]c2c1. The van der Waals surface area contributed by atoms with Gasteiger partial charge in [0, 0.05) is 6.54 Å². The van der Waals surface area contributed by atoms with E-state index in [1.165, 1.54) is 18.4 Å². The summed E-state index contributed by atoms with van der Waals surface area (Å²) in [5.41, 5.74) is 3.13. The molecule has 0 saturated heterocycles. The van der Waals surface area contributed by atoms with Crippen molar-refractivity contribution in [3.05, 3.63) is 29.6 Å². The molecule has 5 nitrogen and oxygen atoms in total. The largest absolute Gasteiger partial charge is 0.340 e. The van der Waals surface area contributed by atoms with Crippen molar-refractivity contribution in [2.45, 2.75) is 32.7 Å². The van der Waals surface area contributed by atoms with Gasteiger partial charge < -0.3 is 15.6 Å². The Morgan fingerprint density at radius 3 is 3.05 bits per heavy atom. The number of aromatic amines is 1. The van der Waals surface area contributed by atoms with Gasteiger partial charge in [-0.05, 0) is 50.3 Å². The van der Waals surface area contributed by atoms with Crippen LogP contribution in [0.1, 0.15) is 37.2 Å². The fraction of sp³-hybridized carbons (Fsp3) is 0.467. The molecule has 1 atom stereocenters. The number of imidazole rings is 1. The summed E-state index contributed by atoms with van der Waals surface area (Å²) in [7, 11) is 0. The molecule has 1 aliphatic carbocycles. The van der Waals surface area contributed by atoms with Crippen LogP contribution in [0.5, 0.6) is 0 Å². The molecule has 1 fully saturated rings. The fourth-order valence-electron chi connectivity index (χ4n) is 2.22. The molecule has 1 saturated carbocycles. The minimum atomic E-state index is -0.137. The van der Waals surface area contributed by atoms with Gasteiger partial charge in [-0.25, -0.2) is 9.78 Å². The highest BCUT2D eigenvalue weighted by molar-refractivity contribution is 5.77. The Morgan fingerprint density at radius 1 is 1.50 bits per heavy atom. The van der Waals surface area contributed by atoms with Gasteiger partial charge in [0.05, 0.1) is 17.1 Å². The summed E-state index contributed by atoms with van der Waals surface area (Å²) in [4.78, 5) is 19.5. The predicted octanol–water partition coefficient (Wildman–Crippen LogP) is 2.64. The second-order valence-electron chi connectivity index (χ2n) is 5.66. The van der Waals surface area contributed by atoms with Gasteiger partial charge in [0.15, 0.2) is 0 Å². The molecule has 1 aromatic carbocycles. The van der Waals surface area contributed by atoms with E-state index in [0.717, 1.165) is 23.4 Å². The third-order valence-corrected chi connectivity index (χ3v) is 3.66. The highest BCUT2D eigenvalue weighted by Crippen LogP contribution is 2.27. The number of rotatable bonds is 4. The van der Waals surface area contributed by atoms with Crippen LogP contribution in [0.2, 0.25) is 0 Å². The maximum Gasteiger partial charge on any atom is 0.315 e. The number of nitrogens with one attached hydrogen (secondary N) is 3. The molecule has 2 amide bonds. The first-order valence-corrected chi connectivity index (χ1v) is 7.12. The molecular weight excluding hydrogens is 252 g/mol. The van der Waals surface area contributed by atoms with Crippen molar-refractivity contribution < 1.29 is 4.79 Å². The van der Waals surface area contributed by atoms with E-state index in [2.05, 4.69) is 26.7 Å². The van der Waals surface area contributed by atoms with E-state index in [0.29, 0.717) is 5.92 Å². The van der Waals surface area contributed by atoms with Gasteiger partial charge in [0.1, 0.15) is 5.82 Å². The lowest BCUT2D eigenvalue weighted by Crippen LogP contribution is -2.38. The molecule has 20 heavy (non-hydrogen) atoms. The molecule has 0 aliphatic heterocycles. The number of H-pyrrole nitrogens is 1. The lowest BCUT2D eigenvalue weighted by Gasteiger charge is -2.12. The normalized spacial score (nSPS) is 16.1. The molecule has 1 aromatic heterocycles. The zero-order chi connectivity index (χ0) is 14.1. The molecule has 1 aliphatic rings.